The second kappa shape index (κ2) is 13.5. The normalized spacial score (nSPS) is 22.0. The highest BCUT2D eigenvalue weighted by Crippen LogP contribution is 2.36. The van der Waals surface area contributed by atoms with Gasteiger partial charge in [0, 0.05) is 29.8 Å². The van der Waals surface area contributed by atoms with Crippen molar-refractivity contribution in [3.05, 3.63) is 108 Å². The highest BCUT2D eigenvalue weighted by molar-refractivity contribution is 6.04. The molecule has 7 rings (SSSR count). The maximum atomic E-state index is 13.8. The molecular formula is C35H38N2O7. The largest absolute Gasteiger partial charge is 0.494 e. The van der Waals surface area contributed by atoms with Crippen LogP contribution in [0.2, 0.25) is 0 Å². The Morgan fingerprint density at radius 2 is 1.64 bits per heavy atom. The van der Waals surface area contributed by atoms with E-state index < -0.39 is 11.6 Å². The van der Waals surface area contributed by atoms with E-state index in [1.54, 1.807) is 85.3 Å². The van der Waals surface area contributed by atoms with Gasteiger partial charge in [0.2, 0.25) is 11.9 Å². The van der Waals surface area contributed by atoms with Crippen molar-refractivity contribution in [3.8, 4) is 5.75 Å². The van der Waals surface area contributed by atoms with Crippen LogP contribution in [0.15, 0.2) is 91.4 Å². The molecular weight excluding hydrogens is 560 g/mol. The first-order valence-corrected chi connectivity index (χ1v) is 15.3. The van der Waals surface area contributed by atoms with Crippen LogP contribution in [-0.2, 0) is 24.6 Å². The number of ether oxygens (including phenoxy) is 4. The molecule has 44 heavy (non-hydrogen) atoms. The number of piperidine rings is 3. The molecule has 2 N–H and O–H groups in total. The summed E-state index contributed by atoms with van der Waals surface area (Å²) in [5, 5.41) is 15.0. The van der Waals surface area contributed by atoms with Crippen molar-refractivity contribution in [2.45, 2.75) is 50.1 Å². The zero-order valence-corrected chi connectivity index (χ0v) is 24.6. The third-order valence-corrected chi connectivity index (χ3v) is 8.62. The number of anilines is 1. The van der Waals surface area contributed by atoms with Crippen LogP contribution in [0.3, 0.4) is 0 Å². The fraction of sp³-hybridized carbons (Fsp3) is 0.371. The molecule has 4 aliphatic rings. The lowest BCUT2D eigenvalue weighted by atomic mass is 9.84. The number of esters is 1. The van der Waals surface area contributed by atoms with Gasteiger partial charge in [-0.25, -0.2) is 4.79 Å². The van der Waals surface area contributed by atoms with Crippen molar-refractivity contribution in [2.24, 2.45) is 5.92 Å². The van der Waals surface area contributed by atoms with Crippen molar-refractivity contribution in [1.82, 2.24) is 4.90 Å². The summed E-state index contributed by atoms with van der Waals surface area (Å²) in [6.07, 6.45) is 7.17. The highest BCUT2D eigenvalue weighted by atomic mass is 16.7. The van der Waals surface area contributed by atoms with E-state index in [9.17, 15) is 14.7 Å². The molecule has 1 unspecified atom stereocenters. The number of hydrogen-bond donors (Lipinski definition) is 2. The van der Waals surface area contributed by atoms with E-state index in [4.69, 9.17) is 18.9 Å². The molecule has 2 bridgehead atoms. The summed E-state index contributed by atoms with van der Waals surface area (Å²) in [6, 6.07) is 22.5. The van der Waals surface area contributed by atoms with Gasteiger partial charge < -0.3 is 29.4 Å². The van der Waals surface area contributed by atoms with Gasteiger partial charge in [-0.3, -0.25) is 9.69 Å². The van der Waals surface area contributed by atoms with Gasteiger partial charge >= 0.3 is 5.97 Å². The second-order valence-electron chi connectivity index (χ2n) is 11.5. The number of unbranched alkanes of at least 4 members (excludes halogenated alkanes) is 1. The molecule has 3 fully saturated rings. The van der Waals surface area contributed by atoms with Gasteiger partial charge in [-0.1, -0.05) is 42.5 Å². The first-order valence-electron chi connectivity index (χ1n) is 15.3. The third kappa shape index (κ3) is 6.74. The standard InChI is InChI=1S/C35H38N2O7/c38-33(26-12-14-30(15-13-26)41-20-5-4-11-32-42-21-22-43-32)36-29-10-6-9-28(23-29)35(40,27-7-2-1-3-8-27)34(39)44-31-24-37-18-16-25(31)17-19-37/h1-3,6-10,12-15,21-23,25,31-32,40H,4-5,11,16-20,24H2,(H,36,38)/t31-,35?/m0/s1. The lowest BCUT2D eigenvalue weighted by molar-refractivity contribution is -0.177. The third-order valence-electron chi connectivity index (χ3n) is 8.62. The van der Waals surface area contributed by atoms with E-state index in [1.807, 2.05) is 6.07 Å². The number of nitrogens with zero attached hydrogens (tertiary/aromatic N) is 1. The molecule has 3 aromatic carbocycles. The number of nitrogens with one attached hydrogen (secondary N) is 1. The maximum Gasteiger partial charge on any atom is 0.348 e. The summed E-state index contributed by atoms with van der Waals surface area (Å²) >= 11 is 0. The van der Waals surface area contributed by atoms with Crippen LogP contribution >= 0.6 is 0 Å². The van der Waals surface area contributed by atoms with Crippen LogP contribution < -0.4 is 10.1 Å². The van der Waals surface area contributed by atoms with Gasteiger partial charge in [-0.05, 0) is 86.7 Å². The number of rotatable bonds is 12. The first kappa shape index (κ1) is 29.7. The van der Waals surface area contributed by atoms with Crippen molar-refractivity contribution >= 4 is 17.6 Å². The minimum absolute atomic E-state index is 0.204. The van der Waals surface area contributed by atoms with Gasteiger partial charge in [0.1, 0.15) is 24.4 Å². The predicted molar refractivity (Wildman–Crippen MR) is 164 cm³/mol. The van der Waals surface area contributed by atoms with E-state index in [0.29, 0.717) is 47.2 Å². The Labute approximate surface area is 257 Å². The Kier molecular flexibility index (Phi) is 9.14. The van der Waals surface area contributed by atoms with Gasteiger partial charge in [-0.15, -0.1) is 0 Å². The number of aliphatic hydroxyl groups is 1. The Hall–Kier alpha value is -4.34. The van der Waals surface area contributed by atoms with Crippen LogP contribution in [-0.4, -0.2) is 60.5 Å². The van der Waals surface area contributed by atoms with Gasteiger partial charge in [0.15, 0.2) is 0 Å². The Morgan fingerprint density at radius 3 is 2.34 bits per heavy atom. The maximum absolute atomic E-state index is 13.8. The average Bonchev–Trinajstić information content (AvgIpc) is 3.59. The molecule has 4 heterocycles. The number of benzene rings is 3. The quantitative estimate of drug-likeness (QED) is 0.216. The van der Waals surface area contributed by atoms with Gasteiger partial charge in [0.25, 0.3) is 5.91 Å². The predicted octanol–water partition coefficient (Wildman–Crippen LogP) is 5.21. The lowest BCUT2D eigenvalue weighted by Gasteiger charge is -2.44. The van der Waals surface area contributed by atoms with Crippen molar-refractivity contribution < 1.29 is 33.6 Å². The zero-order valence-electron chi connectivity index (χ0n) is 24.6. The molecule has 9 nitrogen and oxygen atoms in total. The minimum Gasteiger partial charge on any atom is -0.494 e. The number of amides is 1. The molecule has 0 radical (unpaired) electrons. The van der Waals surface area contributed by atoms with Crippen LogP contribution in [0, 0.1) is 5.92 Å². The summed E-state index contributed by atoms with van der Waals surface area (Å²) in [4.78, 5) is 29.2. The molecule has 0 aromatic heterocycles. The Bertz CT molecular complexity index is 1450. The number of carbonyl (C=O) groups excluding carboxylic acids is 2. The molecule has 0 aliphatic carbocycles. The van der Waals surface area contributed by atoms with E-state index in [2.05, 4.69) is 10.2 Å². The topological polar surface area (TPSA) is 107 Å². The molecule has 2 atom stereocenters. The highest BCUT2D eigenvalue weighted by Gasteiger charge is 2.45. The summed E-state index contributed by atoms with van der Waals surface area (Å²) < 4.78 is 22.4. The number of hydrogen-bond acceptors (Lipinski definition) is 8. The number of carbonyl (C=O) groups is 2. The Balaban J connectivity index is 1.10. The van der Waals surface area contributed by atoms with Crippen LogP contribution in [0.25, 0.3) is 0 Å². The summed E-state index contributed by atoms with van der Waals surface area (Å²) in [6.45, 7) is 3.27. The molecule has 9 heteroatoms. The Morgan fingerprint density at radius 1 is 0.909 bits per heavy atom. The smallest absolute Gasteiger partial charge is 0.348 e. The van der Waals surface area contributed by atoms with Crippen LogP contribution in [0.1, 0.15) is 53.6 Å². The van der Waals surface area contributed by atoms with Crippen molar-refractivity contribution in [1.29, 1.82) is 0 Å². The lowest BCUT2D eigenvalue weighted by Crippen LogP contribution is -2.53. The molecule has 230 valence electrons. The number of fused-ring (bicyclic) bond motifs is 3. The molecule has 4 aliphatic heterocycles. The fourth-order valence-corrected chi connectivity index (χ4v) is 6.09. The second-order valence-corrected chi connectivity index (χ2v) is 11.5. The van der Waals surface area contributed by atoms with Gasteiger partial charge in [0.05, 0.1) is 6.61 Å². The van der Waals surface area contributed by atoms with Crippen LogP contribution in [0.5, 0.6) is 5.75 Å². The molecule has 3 saturated heterocycles. The van der Waals surface area contributed by atoms with E-state index in [0.717, 1.165) is 45.2 Å². The SMILES string of the molecule is O=C(Nc1cccc(C(O)(C(=O)O[C@H]2CN3CCC2CC3)c2ccccc2)c1)c1ccc(OCCCCC2OC=CO2)cc1. The summed E-state index contributed by atoms with van der Waals surface area (Å²) in [7, 11) is 0. The minimum atomic E-state index is -2.04. The summed E-state index contributed by atoms with van der Waals surface area (Å²) in [5.41, 5.74) is -0.420. The molecule has 1 amide bonds. The summed E-state index contributed by atoms with van der Waals surface area (Å²) in [5.74, 6) is -0.0559. The van der Waals surface area contributed by atoms with Gasteiger partial charge in [-0.2, -0.15) is 0 Å². The molecule has 3 aromatic rings. The molecule has 0 saturated carbocycles. The van der Waals surface area contributed by atoms with E-state index in [-0.39, 0.29) is 18.3 Å². The van der Waals surface area contributed by atoms with Crippen LogP contribution in [0.4, 0.5) is 5.69 Å². The van der Waals surface area contributed by atoms with E-state index in [1.165, 1.54) is 0 Å². The fourth-order valence-electron chi connectivity index (χ4n) is 6.09. The average molecular weight is 599 g/mol. The van der Waals surface area contributed by atoms with E-state index >= 15 is 0 Å². The zero-order chi connectivity index (χ0) is 30.4. The molecule has 0 spiro atoms. The monoisotopic (exact) mass is 598 g/mol. The van der Waals surface area contributed by atoms with Crippen molar-refractivity contribution in [3.63, 3.8) is 0 Å². The first-order chi connectivity index (χ1) is 21.5. The van der Waals surface area contributed by atoms with Crippen molar-refractivity contribution in [2.75, 3.05) is 31.6 Å².